The number of aliphatic hydroxyl groups is 1. The highest BCUT2D eigenvalue weighted by Gasteiger charge is 2.23. The van der Waals surface area contributed by atoms with Gasteiger partial charge in [0.15, 0.2) is 0 Å². The van der Waals surface area contributed by atoms with Gasteiger partial charge in [-0.05, 0) is 31.0 Å². The lowest BCUT2D eigenvalue weighted by Gasteiger charge is -2.30. The number of nitrogens with two attached hydrogens (primary N) is 1. The molecule has 1 amide bonds. The molecule has 2 rings (SSSR count). The van der Waals surface area contributed by atoms with Crippen LogP contribution in [0, 0.1) is 0 Å². The number of carbonyl (C=O) groups excluding carboxylic acids is 1. The number of aliphatic hydroxyl groups excluding tert-OH is 1. The van der Waals surface area contributed by atoms with Crippen molar-refractivity contribution in [2.75, 3.05) is 37.8 Å². The molecule has 0 aliphatic carbocycles. The van der Waals surface area contributed by atoms with Gasteiger partial charge < -0.3 is 20.6 Å². The van der Waals surface area contributed by atoms with E-state index in [1.807, 2.05) is 25.1 Å². The zero-order valence-corrected chi connectivity index (χ0v) is 11.5. The SMILES string of the molecule is CN(C)c1ccc(C(=O)N2CCC[C@H](O)C2)cc1N. The molecule has 0 radical (unpaired) electrons. The highest BCUT2D eigenvalue weighted by atomic mass is 16.3. The molecule has 1 atom stereocenters. The Labute approximate surface area is 113 Å². The van der Waals surface area contributed by atoms with Crippen molar-refractivity contribution in [1.29, 1.82) is 0 Å². The van der Waals surface area contributed by atoms with Crippen molar-refractivity contribution in [3.05, 3.63) is 23.8 Å². The fraction of sp³-hybridized carbons (Fsp3) is 0.500. The van der Waals surface area contributed by atoms with Gasteiger partial charge in [0.05, 0.1) is 17.5 Å². The Kier molecular flexibility index (Phi) is 3.95. The Morgan fingerprint density at radius 3 is 2.79 bits per heavy atom. The van der Waals surface area contributed by atoms with Crippen LogP contribution in [0.25, 0.3) is 0 Å². The number of likely N-dealkylation sites (tertiary alicyclic amines) is 1. The van der Waals surface area contributed by atoms with Crippen LogP contribution in [0.1, 0.15) is 23.2 Å². The van der Waals surface area contributed by atoms with E-state index in [9.17, 15) is 9.90 Å². The molecule has 0 saturated carbocycles. The second-order valence-electron chi connectivity index (χ2n) is 5.22. The van der Waals surface area contributed by atoms with Crippen molar-refractivity contribution in [3.63, 3.8) is 0 Å². The molecular weight excluding hydrogens is 242 g/mol. The van der Waals surface area contributed by atoms with Crippen LogP contribution in [0.4, 0.5) is 11.4 Å². The summed E-state index contributed by atoms with van der Waals surface area (Å²) in [7, 11) is 3.82. The number of anilines is 2. The van der Waals surface area contributed by atoms with Crippen molar-refractivity contribution < 1.29 is 9.90 Å². The summed E-state index contributed by atoms with van der Waals surface area (Å²) in [5.41, 5.74) is 8.03. The zero-order chi connectivity index (χ0) is 14.0. The second kappa shape index (κ2) is 5.48. The Balaban J connectivity index is 2.17. The van der Waals surface area contributed by atoms with Gasteiger partial charge in [-0.15, -0.1) is 0 Å². The molecule has 0 spiro atoms. The fourth-order valence-corrected chi connectivity index (χ4v) is 2.42. The van der Waals surface area contributed by atoms with Gasteiger partial charge >= 0.3 is 0 Å². The minimum absolute atomic E-state index is 0.0595. The first-order valence-corrected chi connectivity index (χ1v) is 6.53. The number of carbonyl (C=O) groups is 1. The van der Waals surface area contributed by atoms with Crippen LogP contribution >= 0.6 is 0 Å². The predicted octanol–water partition coefficient (Wildman–Crippen LogP) is 0.932. The van der Waals surface area contributed by atoms with Gasteiger partial charge in [-0.1, -0.05) is 0 Å². The fourth-order valence-electron chi connectivity index (χ4n) is 2.42. The average molecular weight is 263 g/mol. The molecule has 104 valence electrons. The van der Waals surface area contributed by atoms with E-state index in [2.05, 4.69) is 0 Å². The van der Waals surface area contributed by atoms with Gasteiger partial charge in [-0.3, -0.25) is 4.79 Å². The number of benzene rings is 1. The van der Waals surface area contributed by atoms with E-state index in [1.54, 1.807) is 17.0 Å². The normalized spacial score (nSPS) is 19.3. The van der Waals surface area contributed by atoms with Gasteiger partial charge in [0, 0.05) is 32.7 Å². The summed E-state index contributed by atoms with van der Waals surface area (Å²) < 4.78 is 0. The molecule has 1 aromatic rings. The summed E-state index contributed by atoms with van der Waals surface area (Å²) in [4.78, 5) is 15.9. The number of β-amino-alcohol motifs (C(OH)–C–C–N with tert-alkyl or cyclic N) is 1. The summed E-state index contributed by atoms with van der Waals surface area (Å²) in [6, 6.07) is 5.34. The van der Waals surface area contributed by atoms with Crippen LogP contribution < -0.4 is 10.6 Å². The predicted molar refractivity (Wildman–Crippen MR) is 76.3 cm³/mol. The number of hydrogen-bond acceptors (Lipinski definition) is 4. The molecule has 1 aliphatic heterocycles. The quantitative estimate of drug-likeness (QED) is 0.779. The first-order chi connectivity index (χ1) is 8.99. The summed E-state index contributed by atoms with van der Waals surface area (Å²) in [5.74, 6) is -0.0595. The van der Waals surface area contributed by atoms with E-state index < -0.39 is 6.10 Å². The van der Waals surface area contributed by atoms with Gasteiger partial charge in [0.2, 0.25) is 0 Å². The number of amides is 1. The third kappa shape index (κ3) is 2.98. The highest BCUT2D eigenvalue weighted by molar-refractivity contribution is 5.96. The number of nitrogen functional groups attached to an aromatic ring is 1. The van der Waals surface area contributed by atoms with Crippen LogP contribution in [0.5, 0.6) is 0 Å². The molecule has 5 nitrogen and oxygen atoms in total. The summed E-state index contributed by atoms with van der Waals surface area (Å²) in [5, 5.41) is 9.62. The maximum Gasteiger partial charge on any atom is 0.254 e. The van der Waals surface area contributed by atoms with Gasteiger partial charge in [-0.25, -0.2) is 0 Å². The molecule has 5 heteroatoms. The molecule has 1 aromatic carbocycles. The Bertz CT molecular complexity index is 474. The number of nitrogens with zero attached hydrogens (tertiary/aromatic N) is 2. The molecule has 1 fully saturated rings. The first-order valence-electron chi connectivity index (χ1n) is 6.53. The topological polar surface area (TPSA) is 69.8 Å². The molecule has 1 saturated heterocycles. The average Bonchev–Trinajstić information content (AvgIpc) is 2.37. The number of rotatable bonds is 2. The van der Waals surface area contributed by atoms with Crippen LogP contribution in [0.3, 0.4) is 0 Å². The smallest absolute Gasteiger partial charge is 0.254 e. The zero-order valence-electron chi connectivity index (χ0n) is 11.5. The Morgan fingerprint density at radius 2 is 2.21 bits per heavy atom. The molecular formula is C14H21N3O2. The third-order valence-corrected chi connectivity index (χ3v) is 3.44. The van der Waals surface area contributed by atoms with Crippen molar-refractivity contribution in [2.24, 2.45) is 0 Å². The standard InChI is InChI=1S/C14H21N3O2/c1-16(2)13-6-5-10(8-12(13)15)14(19)17-7-3-4-11(18)9-17/h5-6,8,11,18H,3-4,7,9,15H2,1-2H3/t11-/m0/s1. The van der Waals surface area contributed by atoms with Crippen molar-refractivity contribution in [1.82, 2.24) is 4.90 Å². The number of piperidine rings is 1. The molecule has 1 aliphatic rings. The molecule has 1 heterocycles. The maximum atomic E-state index is 12.3. The Hall–Kier alpha value is -1.75. The van der Waals surface area contributed by atoms with Crippen molar-refractivity contribution in [2.45, 2.75) is 18.9 Å². The highest BCUT2D eigenvalue weighted by Crippen LogP contribution is 2.23. The van der Waals surface area contributed by atoms with E-state index in [0.29, 0.717) is 24.3 Å². The monoisotopic (exact) mass is 263 g/mol. The van der Waals surface area contributed by atoms with Crippen LogP contribution in [0.2, 0.25) is 0 Å². The first kappa shape index (κ1) is 13.7. The minimum atomic E-state index is -0.406. The van der Waals surface area contributed by atoms with Crippen LogP contribution in [-0.4, -0.2) is 49.2 Å². The van der Waals surface area contributed by atoms with Gasteiger partial charge in [0.1, 0.15) is 0 Å². The van der Waals surface area contributed by atoms with Crippen molar-refractivity contribution >= 4 is 17.3 Å². The molecule has 19 heavy (non-hydrogen) atoms. The maximum absolute atomic E-state index is 12.3. The minimum Gasteiger partial charge on any atom is -0.397 e. The van der Waals surface area contributed by atoms with E-state index in [-0.39, 0.29) is 5.91 Å². The second-order valence-corrected chi connectivity index (χ2v) is 5.22. The van der Waals surface area contributed by atoms with E-state index in [0.717, 1.165) is 18.5 Å². The summed E-state index contributed by atoms with van der Waals surface area (Å²) >= 11 is 0. The molecule has 3 N–H and O–H groups in total. The lowest BCUT2D eigenvalue weighted by atomic mass is 10.1. The third-order valence-electron chi connectivity index (χ3n) is 3.44. The summed E-state index contributed by atoms with van der Waals surface area (Å²) in [6.45, 7) is 1.11. The largest absolute Gasteiger partial charge is 0.397 e. The van der Waals surface area contributed by atoms with E-state index in [1.165, 1.54) is 0 Å². The lowest BCUT2D eigenvalue weighted by Crippen LogP contribution is -2.42. The molecule has 0 aromatic heterocycles. The van der Waals surface area contributed by atoms with E-state index in [4.69, 9.17) is 5.73 Å². The Morgan fingerprint density at radius 1 is 1.47 bits per heavy atom. The summed E-state index contributed by atoms with van der Waals surface area (Å²) in [6.07, 6.45) is 1.21. The van der Waals surface area contributed by atoms with Crippen molar-refractivity contribution in [3.8, 4) is 0 Å². The molecule has 0 bridgehead atoms. The van der Waals surface area contributed by atoms with Gasteiger partial charge in [-0.2, -0.15) is 0 Å². The van der Waals surface area contributed by atoms with Gasteiger partial charge in [0.25, 0.3) is 5.91 Å². The van der Waals surface area contributed by atoms with Crippen LogP contribution in [-0.2, 0) is 0 Å². The van der Waals surface area contributed by atoms with Crippen LogP contribution in [0.15, 0.2) is 18.2 Å². The molecule has 0 unspecified atom stereocenters. The lowest BCUT2D eigenvalue weighted by molar-refractivity contribution is 0.0474. The van der Waals surface area contributed by atoms with E-state index >= 15 is 0 Å². The number of hydrogen-bond donors (Lipinski definition) is 2.